The van der Waals surface area contributed by atoms with Gasteiger partial charge in [-0.2, -0.15) is 0 Å². The molecule has 1 unspecified atom stereocenters. The number of nitrogens with zero attached hydrogens (tertiary/aromatic N) is 1. The topological polar surface area (TPSA) is 110 Å². The van der Waals surface area contributed by atoms with Gasteiger partial charge in [-0.3, -0.25) is 15.0 Å². The van der Waals surface area contributed by atoms with Crippen LogP contribution in [0.2, 0.25) is 0 Å². The lowest BCUT2D eigenvalue weighted by molar-refractivity contribution is -0.167. The van der Waals surface area contributed by atoms with Gasteiger partial charge in [-0.15, -0.1) is 0 Å². The number of carboxylic acid groups (broad SMARTS) is 1. The van der Waals surface area contributed by atoms with Crippen molar-refractivity contribution in [2.75, 3.05) is 33.5 Å². The quantitative estimate of drug-likeness (QED) is 0.226. The zero-order valence-corrected chi connectivity index (χ0v) is 25.0. The lowest BCUT2D eigenvalue weighted by Crippen LogP contribution is -2.68. The number of hydrogen-bond donors (Lipinski definition) is 3. The van der Waals surface area contributed by atoms with Crippen molar-refractivity contribution in [3.8, 4) is 11.5 Å². The number of rotatable bonds is 17. The first-order valence-corrected chi connectivity index (χ1v) is 14.8. The van der Waals surface area contributed by atoms with Crippen LogP contribution in [-0.2, 0) is 14.3 Å². The van der Waals surface area contributed by atoms with Crippen LogP contribution in [0.1, 0.15) is 88.1 Å². The molecule has 2 aliphatic rings. The third-order valence-corrected chi connectivity index (χ3v) is 8.29. The number of aliphatic carboxylic acids is 1. The van der Waals surface area contributed by atoms with Crippen molar-refractivity contribution in [3.63, 3.8) is 0 Å². The van der Waals surface area contributed by atoms with Crippen molar-refractivity contribution >= 4 is 5.97 Å². The Hall–Kier alpha value is -2.69. The summed E-state index contributed by atoms with van der Waals surface area (Å²) in [5.41, 5.74) is 1.82. The van der Waals surface area contributed by atoms with Crippen molar-refractivity contribution in [2.24, 2.45) is 0 Å². The minimum Gasteiger partial charge on any atom is -0.493 e. The molecule has 2 fully saturated rings. The predicted octanol–water partition coefficient (Wildman–Crippen LogP) is 5.00. The van der Waals surface area contributed by atoms with Crippen LogP contribution in [0.4, 0.5) is 0 Å². The molecule has 0 bridgehead atoms. The molecule has 2 saturated carbocycles. The Morgan fingerprint density at radius 2 is 1.66 bits per heavy atom. The van der Waals surface area contributed by atoms with Gasteiger partial charge in [0.25, 0.3) is 0 Å². The van der Waals surface area contributed by atoms with Gasteiger partial charge in [0.1, 0.15) is 17.0 Å². The fourth-order valence-electron chi connectivity index (χ4n) is 5.63. The molecule has 0 aromatic heterocycles. The highest BCUT2D eigenvalue weighted by molar-refractivity contribution is 5.80. The van der Waals surface area contributed by atoms with E-state index >= 15 is 0 Å². The molecule has 0 amide bonds. The van der Waals surface area contributed by atoms with Crippen molar-refractivity contribution in [1.82, 2.24) is 10.2 Å². The summed E-state index contributed by atoms with van der Waals surface area (Å²) in [7, 11) is 1.57. The highest BCUT2D eigenvalue weighted by Crippen LogP contribution is 2.50. The Bertz CT molecular complexity index is 1110. The first kappa shape index (κ1) is 31.3. The smallest absolute Gasteiger partial charge is 0.324 e. The second-order valence-corrected chi connectivity index (χ2v) is 11.1. The van der Waals surface area contributed by atoms with Crippen LogP contribution in [0.3, 0.4) is 0 Å². The van der Waals surface area contributed by atoms with Crippen LogP contribution < -0.4 is 14.8 Å². The van der Waals surface area contributed by atoms with Crippen LogP contribution >= 0.6 is 0 Å². The van der Waals surface area contributed by atoms with Gasteiger partial charge in [-0.05, 0) is 69.7 Å². The highest BCUT2D eigenvalue weighted by Gasteiger charge is 2.52. The molecule has 0 heterocycles. The van der Waals surface area contributed by atoms with Crippen LogP contribution in [0.15, 0.2) is 42.5 Å². The third kappa shape index (κ3) is 7.40. The standard InChI is InChI=1S/C32H46N2O7/c1-6-39-27-17-25(18-28(40-7-2)29(27)24-13-14-24)21(3)34(15-16-41-22(4)23-11-9-8-10-12-23)31(37)33-32(30(35)36)19-26(20-32)38-5/h8-12,17-18,21-22,24,26,31,33,37H,6-7,13-16,19-20H2,1-5H3,(H,35,36)/t21-,22+,26-,31?,32-/m1/s1. The summed E-state index contributed by atoms with van der Waals surface area (Å²) in [6.45, 7) is 9.68. The molecule has 226 valence electrons. The number of aliphatic hydroxyl groups excluding tert-OH is 1. The van der Waals surface area contributed by atoms with E-state index in [-0.39, 0.29) is 31.1 Å². The molecular weight excluding hydrogens is 524 g/mol. The van der Waals surface area contributed by atoms with Crippen molar-refractivity contribution in [3.05, 3.63) is 59.2 Å². The Morgan fingerprint density at radius 1 is 1.05 bits per heavy atom. The van der Waals surface area contributed by atoms with E-state index in [1.807, 2.05) is 75.1 Å². The number of ether oxygens (including phenoxy) is 4. The molecule has 0 radical (unpaired) electrons. The maximum atomic E-state index is 12.3. The van der Waals surface area contributed by atoms with Crippen LogP contribution in [0.5, 0.6) is 11.5 Å². The lowest BCUT2D eigenvalue weighted by Gasteiger charge is -2.47. The summed E-state index contributed by atoms with van der Waals surface area (Å²) < 4.78 is 23.7. The first-order chi connectivity index (χ1) is 19.7. The lowest BCUT2D eigenvalue weighted by atomic mass is 9.74. The minimum atomic E-state index is -1.26. The van der Waals surface area contributed by atoms with E-state index < -0.39 is 17.9 Å². The summed E-state index contributed by atoms with van der Waals surface area (Å²) in [6.07, 6.45) is 1.23. The van der Waals surface area contributed by atoms with Crippen LogP contribution in [0, 0.1) is 0 Å². The minimum absolute atomic E-state index is 0.134. The molecule has 3 atom stereocenters. The number of benzene rings is 2. The van der Waals surface area contributed by atoms with Crippen molar-refractivity contribution in [2.45, 2.75) is 89.4 Å². The molecule has 0 aliphatic heterocycles. The van der Waals surface area contributed by atoms with Gasteiger partial charge in [0.05, 0.1) is 32.0 Å². The second-order valence-electron chi connectivity index (χ2n) is 11.1. The number of aliphatic hydroxyl groups is 1. The molecule has 9 heteroatoms. The molecule has 0 spiro atoms. The van der Waals surface area contributed by atoms with E-state index in [4.69, 9.17) is 18.9 Å². The highest BCUT2D eigenvalue weighted by atomic mass is 16.5. The van der Waals surface area contributed by atoms with Gasteiger partial charge in [0.15, 0.2) is 6.35 Å². The molecule has 2 aromatic rings. The molecule has 41 heavy (non-hydrogen) atoms. The molecule has 4 rings (SSSR count). The maximum absolute atomic E-state index is 12.3. The second kappa shape index (κ2) is 14.0. The molecule has 9 nitrogen and oxygen atoms in total. The summed E-state index contributed by atoms with van der Waals surface area (Å²) in [5.74, 6) is 1.05. The van der Waals surface area contributed by atoms with Crippen molar-refractivity contribution < 1.29 is 34.0 Å². The largest absolute Gasteiger partial charge is 0.493 e. The number of methoxy groups -OCH3 is 1. The summed E-state index contributed by atoms with van der Waals surface area (Å²) in [4.78, 5) is 14.1. The van der Waals surface area contributed by atoms with Gasteiger partial charge in [-0.25, -0.2) is 0 Å². The van der Waals surface area contributed by atoms with Crippen molar-refractivity contribution in [1.29, 1.82) is 0 Å². The van der Waals surface area contributed by atoms with E-state index in [9.17, 15) is 15.0 Å². The number of carboxylic acids is 1. The van der Waals surface area contributed by atoms with Gasteiger partial charge < -0.3 is 29.2 Å². The first-order valence-electron chi connectivity index (χ1n) is 14.8. The predicted molar refractivity (Wildman–Crippen MR) is 156 cm³/mol. The van der Waals surface area contributed by atoms with Gasteiger partial charge in [0.2, 0.25) is 0 Å². The molecule has 2 aliphatic carbocycles. The van der Waals surface area contributed by atoms with Crippen LogP contribution in [-0.4, -0.2) is 72.6 Å². The average molecular weight is 571 g/mol. The fourth-order valence-corrected chi connectivity index (χ4v) is 5.63. The summed E-state index contributed by atoms with van der Waals surface area (Å²) in [6, 6.07) is 13.7. The van der Waals surface area contributed by atoms with E-state index in [1.54, 1.807) is 7.11 Å². The Balaban J connectivity index is 1.59. The van der Waals surface area contributed by atoms with E-state index in [2.05, 4.69) is 5.32 Å². The SMILES string of the molecule is CCOc1cc([C@@H](C)N(CCO[C@@H](C)c2ccccc2)C(O)N[C@]2(C(=O)O)C[C@@H](OC)C2)cc(OCC)c1C1CC1. The monoisotopic (exact) mass is 570 g/mol. The van der Waals surface area contributed by atoms with Gasteiger partial charge >= 0.3 is 5.97 Å². The fraction of sp³-hybridized carbons (Fsp3) is 0.594. The zero-order valence-electron chi connectivity index (χ0n) is 25.0. The van der Waals surface area contributed by atoms with Gasteiger partial charge in [0, 0.05) is 38.1 Å². The zero-order chi connectivity index (χ0) is 29.6. The van der Waals surface area contributed by atoms with E-state index in [0.29, 0.717) is 32.3 Å². The molecule has 0 saturated heterocycles. The third-order valence-electron chi connectivity index (χ3n) is 8.29. The number of hydrogen-bond acceptors (Lipinski definition) is 8. The van der Waals surface area contributed by atoms with E-state index in [0.717, 1.165) is 41.0 Å². The molecular formula is C32H46N2O7. The number of nitrogens with one attached hydrogen (secondary N) is 1. The number of carbonyl (C=O) groups is 1. The van der Waals surface area contributed by atoms with E-state index in [1.165, 1.54) is 0 Å². The van der Waals surface area contributed by atoms with Crippen LogP contribution in [0.25, 0.3) is 0 Å². The molecule has 2 aromatic carbocycles. The molecule has 3 N–H and O–H groups in total. The Labute approximate surface area is 243 Å². The average Bonchev–Trinajstić information content (AvgIpc) is 3.78. The summed E-state index contributed by atoms with van der Waals surface area (Å²) in [5, 5.41) is 24.6. The summed E-state index contributed by atoms with van der Waals surface area (Å²) >= 11 is 0. The Morgan fingerprint density at radius 3 is 2.17 bits per heavy atom. The van der Waals surface area contributed by atoms with Gasteiger partial charge in [-0.1, -0.05) is 30.3 Å². The normalized spacial score (nSPS) is 22.6. The Kier molecular flexibility index (Phi) is 10.7. The maximum Gasteiger partial charge on any atom is 0.324 e.